The molecule has 0 radical (unpaired) electrons. The minimum Gasteiger partial charge on any atom is -0.314 e. The third-order valence-electron chi connectivity index (χ3n) is 2.90. The quantitative estimate of drug-likeness (QED) is 0.743. The summed E-state index contributed by atoms with van der Waals surface area (Å²) in [6.45, 7) is 11.1. The second-order valence-corrected chi connectivity index (χ2v) is 5.20. The molecule has 0 fully saturated rings. The molecule has 0 heterocycles. The second kappa shape index (κ2) is 5.97. The lowest BCUT2D eigenvalue weighted by atomic mass is 9.83. The van der Waals surface area contributed by atoms with Crippen LogP contribution in [-0.4, -0.2) is 12.6 Å². The van der Waals surface area contributed by atoms with E-state index in [1.807, 2.05) is 12.1 Å². The lowest BCUT2D eigenvalue weighted by Gasteiger charge is -2.27. The van der Waals surface area contributed by atoms with Crippen molar-refractivity contribution in [2.75, 3.05) is 6.54 Å². The van der Waals surface area contributed by atoms with Crippen molar-refractivity contribution in [1.82, 2.24) is 5.32 Å². The van der Waals surface area contributed by atoms with Gasteiger partial charge in [0.2, 0.25) is 0 Å². The van der Waals surface area contributed by atoms with E-state index in [-0.39, 0.29) is 11.2 Å². The van der Waals surface area contributed by atoms with Crippen LogP contribution in [0.25, 0.3) is 0 Å². The molecule has 0 saturated heterocycles. The molecule has 0 aliphatic heterocycles. The van der Waals surface area contributed by atoms with Gasteiger partial charge in [-0.15, -0.1) is 6.58 Å². The van der Waals surface area contributed by atoms with Crippen molar-refractivity contribution in [3.63, 3.8) is 0 Å². The topological polar surface area (TPSA) is 12.0 Å². The predicted octanol–water partition coefficient (Wildman–Crippen LogP) is 3.56. The molecule has 0 aromatic heterocycles. The van der Waals surface area contributed by atoms with Gasteiger partial charge in [0, 0.05) is 18.0 Å². The lowest BCUT2D eigenvalue weighted by molar-refractivity contribution is 0.373. The van der Waals surface area contributed by atoms with Crippen molar-refractivity contribution in [3.05, 3.63) is 48.3 Å². The first-order chi connectivity index (χ1) is 7.95. The minimum atomic E-state index is -0.175. The molecule has 0 saturated carbocycles. The van der Waals surface area contributed by atoms with Crippen LogP contribution in [0.4, 0.5) is 4.39 Å². The lowest BCUT2D eigenvalue weighted by Crippen LogP contribution is -2.35. The summed E-state index contributed by atoms with van der Waals surface area (Å²) >= 11 is 0. The van der Waals surface area contributed by atoms with Crippen LogP contribution in [0.1, 0.15) is 26.3 Å². The fraction of sp³-hybridized carbons (Fsp3) is 0.467. The van der Waals surface area contributed by atoms with Gasteiger partial charge in [-0.05, 0) is 24.1 Å². The molecule has 1 N–H and O–H groups in total. The van der Waals surface area contributed by atoms with E-state index in [4.69, 9.17) is 0 Å². The smallest absolute Gasteiger partial charge is 0.123 e. The Labute approximate surface area is 104 Å². The van der Waals surface area contributed by atoms with E-state index in [1.165, 1.54) is 6.07 Å². The van der Waals surface area contributed by atoms with Gasteiger partial charge in [-0.3, -0.25) is 0 Å². The van der Waals surface area contributed by atoms with Crippen molar-refractivity contribution < 1.29 is 4.39 Å². The monoisotopic (exact) mass is 235 g/mol. The van der Waals surface area contributed by atoms with Crippen LogP contribution < -0.4 is 5.32 Å². The zero-order valence-corrected chi connectivity index (χ0v) is 11.0. The Morgan fingerprint density at radius 2 is 2.18 bits per heavy atom. The molecule has 17 heavy (non-hydrogen) atoms. The number of hydrogen-bond donors (Lipinski definition) is 1. The number of rotatable bonds is 6. The summed E-state index contributed by atoms with van der Waals surface area (Å²) < 4.78 is 13.1. The van der Waals surface area contributed by atoms with Crippen molar-refractivity contribution in [2.45, 2.75) is 33.2 Å². The third kappa shape index (κ3) is 4.70. The Hall–Kier alpha value is -1.15. The summed E-state index contributed by atoms with van der Waals surface area (Å²) in [5, 5.41) is 3.41. The molecule has 1 unspecified atom stereocenters. The maximum atomic E-state index is 13.1. The third-order valence-corrected chi connectivity index (χ3v) is 2.90. The van der Waals surface area contributed by atoms with Crippen LogP contribution >= 0.6 is 0 Å². The first-order valence-electron chi connectivity index (χ1n) is 6.06. The van der Waals surface area contributed by atoms with Crippen molar-refractivity contribution >= 4 is 0 Å². The van der Waals surface area contributed by atoms with Gasteiger partial charge in [0.15, 0.2) is 0 Å². The molecule has 2 heteroatoms. The van der Waals surface area contributed by atoms with E-state index >= 15 is 0 Å². The van der Waals surface area contributed by atoms with Crippen molar-refractivity contribution in [1.29, 1.82) is 0 Å². The molecule has 94 valence electrons. The standard InChI is InChI=1S/C15H22FN/c1-5-15(4,11-17-12(2)3)10-13-7-6-8-14(16)9-13/h5-9,12,17H,1,10-11H2,2-4H3. The largest absolute Gasteiger partial charge is 0.314 e. The summed E-state index contributed by atoms with van der Waals surface area (Å²) in [5.41, 5.74) is 0.968. The van der Waals surface area contributed by atoms with E-state index in [9.17, 15) is 4.39 Å². The fourth-order valence-corrected chi connectivity index (χ4v) is 1.76. The van der Waals surface area contributed by atoms with Crippen molar-refractivity contribution in [3.8, 4) is 0 Å². The molecule has 1 atom stereocenters. The summed E-state index contributed by atoms with van der Waals surface area (Å²) in [4.78, 5) is 0. The SMILES string of the molecule is C=CC(C)(CNC(C)C)Cc1cccc(F)c1. The van der Waals surface area contributed by atoms with Crippen LogP contribution in [0.5, 0.6) is 0 Å². The molecule has 0 spiro atoms. The maximum Gasteiger partial charge on any atom is 0.123 e. The highest BCUT2D eigenvalue weighted by molar-refractivity contribution is 5.19. The zero-order chi connectivity index (χ0) is 12.9. The van der Waals surface area contributed by atoms with Crippen LogP contribution in [0.3, 0.4) is 0 Å². The summed E-state index contributed by atoms with van der Waals surface area (Å²) in [7, 11) is 0. The van der Waals surface area contributed by atoms with E-state index in [0.29, 0.717) is 6.04 Å². The molecule has 1 nitrogen and oxygen atoms in total. The van der Waals surface area contributed by atoms with Gasteiger partial charge >= 0.3 is 0 Å². The molecular weight excluding hydrogens is 213 g/mol. The van der Waals surface area contributed by atoms with Gasteiger partial charge in [-0.25, -0.2) is 4.39 Å². The molecule has 0 aliphatic carbocycles. The minimum absolute atomic E-state index is 0.0436. The Balaban J connectivity index is 2.71. The van der Waals surface area contributed by atoms with E-state index < -0.39 is 0 Å². The Morgan fingerprint density at radius 3 is 2.71 bits per heavy atom. The highest BCUT2D eigenvalue weighted by Crippen LogP contribution is 2.23. The highest BCUT2D eigenvalue weighted by Gasteiger charge is 2.21. The first kappa shape index (κ1) is 13.9. The van der Waals surface area contributed by atoms with Gasteiger partial charge in [0.05, 0.1) is 0 Å². The van der Waals surface area contributed by atoms with Gasteiger partial charge in [0.1, 0.15) is 5.82 Å². The van der Waals surface area contributed by atoms with E-state index in [2.05, 4.69) is 32.7 Å². The second-order valence-electron chi connectivity index (χ2n) is 5.20. The molecule has 1 aromatic rings. The Kier molecular flexibility index (Phi) is 4.88. The number of benzene rings is 1. The average Bonchev–Trinajstić information content (AvgIpc) is 2.26. The normalized spacial score (nSPS) is 14.6. The van der Waals surface area contributed by atoms with Gasteiger partial charge in [-0.1, -0.05) is 39.0 Å². The average molecular weight is 235 g/mol. The number of nitrogens with one attached hydrogen (secondary N) is 1. The van der Waals surface area contributed by atoms with Crippen LogP contribution in [0, 0.1) is 11.2 Å². The zero-order valence-electron chi connectivity index (χ0n) is 11.0. The van der Waals surface area contributed by atoms with Crippen molar-refractivity contribution in [2.24, 2.45) is 5.41 Å². The summed E-state index contributed by atoms with van der Waals surface area (Å²) in [5.74, 6) is -0.175. The molecule has 0 aliphatic rings. The maximum absolute atomic E-state index is 13.1. The predicted molar refractivity (Wildman–Crippen MR) is 71.5 cm³/mol. The van der Waals surface area contributed by atoms with Gasteiger partial charge < -0.3 is 5.32 Å². The van der Waals surface area contributed by atoms with Crippen LogP contribution in [-0.2, 0) is 6.42 Å². The molecule has 0 amide bonds. The molecular formula is C15H22FN. The van der Waals surface area contributed by atoms with Gasteiger partial charge in [0.25, 0.3) is 0 Å². The number of halogens is 1. The highest BCUT2D eigenvalue weighted by atomic mass is 19.1. The summed E-state index contributed by atoms with van der Waals surface area (Å²) in [6, 6.07) is 7.23. The fourth-order valence-electron chi connectivity index (χ4n) is 1.76. The van der Waals surface area contributed by atoms with Crippen LogP contribution in [0.2, 0.25) is 0 Å². The van der Waals surface area contributed by atoms with Gasteiger partial charge in [-0.2, -0.15) is 0 Å². The van der Waals surface area contributed by atoms with E-state index in [1.54, 1.807) is 12.1 Å². The molecule has 0 bridgehead atoms. The number of hydrogen-bond acceptors (Lipinski definition) is 1. The summed E-state index contributed by atoms with van der Waals surface area (Å²) in [6.07, 6.45) is 2.75. The molecule has 1 aromatic carbocycles. The Bertz CT molecular complexity index is 373. The Morgan fingerprint density at radius 1 is 1.47 bits per heavy atom. The van der Waals surface area contributed by atoms with Crippen LogP contribution in [0.15, 0.2) is 36.9 Å². The molecule has 1 rings (SSSR count). The first-order valence-corrected chi connectivity index (χ1v) is 6.06. The van der Waals surface area contributed by atoms with E-state index in [0.717, 1.165) is 18.5 Å².